The molecule has 104 valence electrons. The predicted octanol–water partition coefficient (Wildman–Crippen LogP) is 7.63. The number of hydrogen-bond donors (Lipinski definition) is 1. The zero-order valence-corrected chi connectivity index (χ0v) is 29.3. The van der Waals surface area contributed by atoms with E-state index < -0.39 is 0 Å². The molecule has 0 aromatic rings. The summed E-state index contributed by atoms with van der Waals surface area (Å²) in [5.41, 5.74) is 0. The van der Waals surface area contributed by atoms with Crippen molar-refractivity contribution >= 4 is 226 Å². The van der Waals surface area contributed by atoms with Crippen LogP contribution >= 0.6 is 226 Å². The van der Waals surface area contributed by atoms with Gasteiger partial charge in [0.2, 0.25) is 0 Å². The van der Waals surface area contributed by atoms with Crippen molar-refractivity contribution in [3.05, 3.63) is 0 Å². The monoisotopic (exact) mass is 1360 g/mol. The smallest absolute Gasteiger partial charge is 0.149 e. The largest absolute Gasteiger partial charge is 0.312 e. The fraction of sp³-hybridized carbons (Fsp3) is 1.00. The summed E-state index contributed by atoms with van der Waals surface area (Å²) in [6.07, 6.45) is 0. The molecule has 0 spiro atoms. The standard InChI is InChI=1S/C6H5I10N/c7-3(8,5(11,12)13)1-17-2-4(9,10)6(14,15)16/h17H,1-2H2. The van der Waals surface area contributed by atoms with Crippen LogP contribution in [0.1, 0.15) is 0 Å². The Morgan fingerprint density at radius 3 is 0.941 bits per heavy atom. The number of halogens is 10. The van der Waals surface area contributed by atoms with Crippen LogP contribution in [0.4, 0.5) is 0 Å². The van der Waals surface area contributed by atoms with Crippen molar-refractivity contribution in [3.63, 3.8) is 0 Å². The highest BCUT2D eigenvalue weighted by molar-refractivity contribution is 14.3. The minimum absolute atomic E-state index is 0.206. The highest BCUT2D eigenvalue weighted by atomic mass is 127. The van der Waals surface area contributed by atoms with E-state index in [0.29, 0.717) is 0 Å². The Hall–Kier alpha value is 7.26. The van der Waals surface area contributed by atoms with Crippen molar-refractivity contribution in [1.29, 1.82) is 0 Å². The van der Waals surface area contributed by atoms with Crippen molar-refractivity contribution < 1.29 is 0 Å². The summed E-state index contributed by atoms with van der Waals surface area (Å²) >= 11 is 25.2. The van der Waals surface area contributed by atoms with Crippen LogP contribution in [0.2, 0.25) is 0 Å². The molecule has 1 nitrogen and oxygen atoms in total. The molecule has 1 N–H and O–H groups in total. The van der Waals surface area contributed by atoms with E-state index in [4.69, 9.17) is 0 Å². The molecule has 0 saturated heterocycles. The highest BCUT2D eigenvalue weighted by Crippen LogP contribution is 2.55. The molecular formula is C6H5I10N. The first-order chi connectivity index (χ1) is 7.21. The molecule has 0 radical (unpaired) electrons. The molecule has 0 aliphatic heterocycles. The lowest BCUT2D eigenvalue weighted by Gasteiger charge is -2.34. The molecule has 17 heavy (non-hydrogen) atoms. The van der Waals surface area contributed by atoms with Crippen LogP contribution in [0.3, 0.4) is 0 Å². The molecule has 0 heterocycles. The van der Waals surface area contributed by atoms with Crippen LogP contribution in [0.15, 0.2) is 0 Å². The Bertz CT molecular complexity index is 225. The molecule has 0 amide bonds. The summed E-state index contributed by atoms with van der Waals surface area (Å²) in [5, 5.41) is 3.62. The van der Waals surface area contributed by atoms with Gasteiger partial charge in [-0.2, -0.15) is 0 Å². The zero-order valence-electron chi connectivity index (χ0n) is 7.69. The third-order valence-electron chi connectivity index (χ3n) is 1.52. The normalized spacial score (nSPS) is 15.2. The fourth-order valence-electron chi connectivity index (χ4n) is 0.577. The lowest BCUT2D eigenvalue weighted by atomic mass is 10.4. The number of rotatable bonds is 6. The fourth-order valence-corrected chi connectivity index (χ4v) is 2.80. The van der Waals surface area contributed by atoms with Crippen LogP contribution in [-0.2, 0) is 0 Å². The quantitative estimate of drug-likeness (QED) is 0.214. The van der Waals surface area contributed by atoms with Crippen molar-refractivity contribution in [3.8, 4) is 0 Å². The van der Waals surface area contributed by atoms with Crippen LogP contribution in [-0.4, -0.2) is 14.8 Å². The van der Waals surface area contributed by atoms with Gasteiger partial charge in [0.15, 0.2) is 0 Å². The molecule has 11 heteroatoms. The summed E-state index contributed by atoms with van der Waals surface area (Å²) in [4.78, 5) is 0. The van der Waals surface area contributed by atoms with E-state index in [2.05, 4.69) is 231 Å². The molecule has 0 aliphatic carbocycles. The maximum absolute atomic E-state index is 3.62. The van der Waals surface area contributed by atoms with Crippen molar-refractivity contribution in [2.24, 2.45) is 0 Å². The van der Waals surface area contributed by atoms with Gasteiger partial charge in [-0.1, -0.05) is 226 Å². The summed E-state index contributed by atoms with van der Waals surface area (Å²) in [7, 11) is 0. The van der Waals surface area contributed by atoms with Gasteiger partial charge in [0.05, 0.1) is 0 Å². The van der Waals surface area contributed by atoms with E-state index in [-0.39, 0.29) is 1.73 Å². The molecule has 0 aromatic carbocycles. The van der Waals surface area contributed by atoms with Crippen LogP contribution in [0, 0.1) is 0 Å². The highest BCUT2D eigenvalue weighted by Gasteiger charge is 2.45. The Morgan fingerprint density at radius 2 is 0.765 bits per heavy atom. The van der Waals surface area contributed by atoms with E-state index in [9.17, 15) is 0 Å². The van der Waals surface area contributed by atoms with Gasteiger partial charge < -0.3 is 5.32 Å². The van der Waals surface area contributed by atoms with Gasteiger partial charge in [0.25, 0.3) is 0 Å². The van der Waals surface area contributed by atoms with Crippen LogP contribution in [0.5, 0.6) is 0 Å². The van der Waals surface area contributed by atoms with Gasteiger partial charge in [-0.25, -0.2) is 0 Å². The summed E-state index contributed by atoms with van der Waals surface area (Å²) in [6.45, 7) is 2.02. The second-order valence-corrected chi connectivity index (χ2v) is 36.6. The summed E-state index contributed by atoms with van der Waals surface area (Å²) in [6, 6.07) is 0. The Kier molecular flexibility index (Phi) is 14.0. The van der Waals surface area contributed by atoms with Crippen molar-refractivity contribution in [2.75, 3.05) is 13.1 Å². The lowest BCUT2D eigenvalue weighted by Crippen LogP contribution is -2.45. The van der Waals surface area contributed by atoms with Gasteiger partial charge in [-0.3, -0.25) is 0 Å². The topological polar surface area (TPSA) is 12.0 Å². The first-order valence-corrected chi connectivity index (χ1v) is 14.6. The molecule has 0 atom stereocenters. The first kappa shape index (κ1) is 24.3. The Balaban J connectivity index is 4.36. The second-order valence-electron chi connectivity index (χ2n) is 3.01. The van der Waals surface area contributed by atoms with E-state index in [1.165, 1.54) is 0 Å². The van der Waals surface area contributed by atoms with E-state index in [0.717, 1.165) is 13.1 Å². The Morgan fingerprint density at radius 1 is 0.529 bits per heavy atom. The summed E-state index contributed by atoms with van der Waals surface area (Å²) in [5.74, 6) is 0. The van der Waals surface area contributed by atoms with Crippen LogP contribution in [0.25, 0.3) is 0 Å². The van der Waals surface area contributed by atoms with Gasteiger partial charge in [-0.05, 0) is 0 Å². The predicted molar refractivity (Wildman–Crippen MR) is 164 cm³/mol. The van der Waals surface area contributed by atoms with Crippen molar-refractivity contribution in [2.45, 2.75) is 1.73 Å². The second kappa shape index (κ2) is 9.82. The lowest BCUT2D eigenvalue weighted by molar-refractivity contribution is 0.679. The molecule has 0 rings (SSSR count). The van der Waals surface area contributed by atoms with E-state index in [1.807, 2.05) is 0 Å². The molecule has 0 unspecified atom stereocenters. The SMILES string of the molecule is IC(I)(I)C(I)(I)CNCC(I)(I)C(I)(I)I. The van der Waals surface area contributed by atoms with E-state index in [1.54, 1.807) is 0 Å². The van der Waals surface area contributed by atoms with Crippen LogP contribution < -0.4 is 5.32 Å². The molecule has 0 fully saturated rings. The third kappa shape index (κ3) is 9.50. The number of hydrogen-bond acceptors (Lipinski definition) is 1. The molecule has 0 aromatic heterocycles. The third-order valence-corrected chi connectivity index (χ3v) is 24.2. The average Bonchev–Trinajstić information content (AvgIpc) is 1.98. The number of nitrogens with one attached hydrogen (secondary N) is 1. The minimum atomic E-state index is 0.206. The maximum Gasteiger partial charge on any atom is 0.149 e. The maximum atomic E-state index is 3.62. The van der Waals surface area contributed by atoms with Crippen molar-refractivity contribution in [1.82, 2.24) is 5.32 Å². The molecule has 0 aliphatic rings. The van der Waals surface area contributed by atoms with Gasteiger partial charge in [0.1, 0.15) is 1.73 Å². The average molecular weight is 1360 g/mol. The van der Waals surface area contributed by atoms with Gasteiger partial charge in [-0.15, -0.1) is 0 Å². The molecular weight excluding hydrogens is 1360 g/mol. The number of alkyl halides is 10. The summed E-state index contributed by atoms with van der Waals surface area (Å²) < 4.78 is 0.837. The molecule has 0 saturated carbocycles. The molecule has 0 bridgehead atoms. The van der Waals surface area contributed by atoms with Gasteiger partial charge >= 0.3 is 0 Å². The minimum Gasteiger partial charge on any atom is -0.312 e. The Labute approximate surface area is 239 Å². The van der Waals surface area contributed by atoms with E-state index >= 15 is 0 Å². The first-order valence-electron chi connectivity index (χ1n) is 3.80. The zero-order chi connectivity index (χ0) is 14.1. The van der Waals surface area contributed by atoms with Gasteiger partial charge in [0, 0.05) is 13.1 Å².